The quantitative estimate of drug-likeness (QED) is 0.737. The number of halogens is 2. The Labute approximate surface area is 134 Å². The summed E-state index contributed by atoms with van der Waals surface area (Å²) < 4.78 is 0.895. The number of aromatic amines is 1. The molecule has 3 aromatic rings. The van der Waals surface area contributed by atoms with Crippen LogP contribution in [-0.2, 0) is 6.54 Å². The Kier molecular flexibility index (Phi) is 4.17. The lowest BCUT2D eigenvalue weighted by atomic mass is 10.1. The lowest BCUT2D eigenvalue weighted by Crippen LogP contribution is -1.99. The summed E-state index contributed by atoms with van der Waals surface area (Å²) in [5.41, 5.74) is 2.99. The van der Waals surface area contributed by atoms with Crippen molar-refractivity contribution in [2.24, 2.45) is 0 Å². The molecule has 2 N–H and O–H groups in total. The summed E-state index contributed by atoms with van der Waals surface area (Å²) in [6.45, 7) is 0.683. The first kappa shape index (κ1) is 14.0. The van der Waals surface area contributed by atoms with Crippen molar-refractivity contribution in [2.75, 3.05) is 5.32 Å². The highest BCUT2D eigenvalue weighted by Gasteiger charge is 2.04. The first-order chi connectivity index (χ1) is 10.2. The Bertz CT molecular complexity index is 745. The van der Waals surface area contributed by atoms with Gasteiger partial charge in [-0.05, 0) is 51.0 Å². The highest BCUT2D eigenvalue weighted by atomic mass is 79.9. The van der Waals surface area contributed by atoms with Crippen LogP contribution in [0.4, 0.5) is 5.69 Å². The van der Waals surface area contributed by atoms with Gasteiger partial charge in [0.1, 0.15) is 0 Å². The predicted octanol–water partition coefficient (Wildman–Crippen LogP) is 3.89. The Hall–Kier alpha value is -1.92. The second kappa shape index (κ2) is 6.24. The lowest BCUT2D eigenvalue weighted by molar-refractivity contribution is 0.881. The topological polar surface area (TPSA) is 66.5 Å². The Morgan fingerprint density at radius 1 is 1.19 bits per heavy atom. The van der Waals surface area contributed by atoms with Gasteiger partial charge >= 0.3 is 0 Å². The molecule has 0 fully saturated rings. The van der Waals surface area contributed by atoms with E-state index in [2.05, 4.69) is 41.9 Å². The summed E-state index contributed by atoms with van der Waals surface area (Å²) >= 11 is 9.47. The number of aromatic nitrogens is 4. The Balaban J connectivity index is 1.73. The van der Waals surface area contributed by atoms with E-state index >= 15 is 0 Å². The fourth-order valence-corrected chi connectivity index (χ4v) is 2.36. The summed E-state index contributed by atoms with van der Waals surface area (Å²) in [7, 11) is 0. The van der Waals surface area contributed by atoms with Crippen molar-refractivity contribution in [3.63, 3.8) is 0 Å². The number of hydrogen-bond acceptors (Lipinski definition) is 4. The number of hydrogen-bond donors (Lipinski definition) is 2. The number of nitrogens with zero attached hydrogens (tertiary/aromatic N) is 3. The third kappa shape index (κ3) is 3.40. The monoisotopic (exact) mass is 363 g/mol. The van der Waals surface area contributed by atoms with Crippen molar-refractivity contribution in [3.8, 4) is 11.4 Å². The molecule has 106 valence electrons. The number of anilines is 1. The van der Waals surface area contributed by atoms with Crippen LogP contribution >= 0.6 is 27.5 Å². The van der Waals surface area contributed by atoms with Gasteiger partial charge in [-0.15, -0.1) is 10.2 Å². The maximum atomic E-state index is 6.09. The van der Waals surface area contributed by atoms with Crippen molar-refractivity contribution in [1.29, 1.82) is 0 Å². The maximum Gasteiger partial charge on any atom is 0.204 e. The van der Waals surface area contributed by atoms with E-state index in [0.29, 0.717) is 17.4 Å². The van der Waals surface area contributed by atoms with Gasteiger partial charge in [-0.1, -0.05) is 29.8 Å². The van der Waals surface area contributed by atoms with Gasteiger partial charge in [0.15, 0.2) is 0 Å². The maximum absolute atomic E-state index is 6.09. The van der Waals surface area contributed by atoms with Crippen LogP contribution in [-0.4, -0.2) is 20.6 Å². The zero-order valence-corrected chi connectivity index (χ0v) is 13.2. The molecule has 5 nitrogen and oxygen atoms in total. The smallest absolute Gasteiger partial charge is 0.204 e. The van der Waals surface area contributed by atoms with Crippen LogP contribution in [0.3, 0.4) is 0 Å². The zero-order valence-electron chi connectivity index (χ0n) is 10.8. The largest absolute Gasteiger partial charge is 0.381 e. The molecule has 7 heteroatoms. The summed E-state index contributed by atoms with van der Waals surface area (Å²) in [5, 5.41) is 18.0. The van der Waals surface area contributed by atoms with E-state index in [1.165, 1.54) is 0 Å². The summed E-state index contributed by atoms with van der Waals surface area (Å²) in [4.78, 5) is 0. The van der Waals surface area contributed by atoms with Crippen molar-refractivity contribution < 1.29 is 0 Å². The lowest BCUT2D eigenvalue weighted by Gasteiger charge is -2.08. The number of H-pyrrole nitrogens is 1. The minimum atomic E-state index is 0.574. The van der Waals surface area contributed by atoms with Crippen LogP contribution in [0.5, 0.6) is 0 Å². The van der Waals surface area contributed by atoms with Gasteiger partial charge in [-0.3, -0.25) is 0 Å². The minimum absolute atomic E-state index is 0.574. The van der Waals surface area contributed by atoms with Crippen LogP contribution in [0.2, 0.25) is 5.02 Å². The highest BCUT2D eigenvalue weighted by Crippen LogP contribution is 2.24. The predicted molar refractivity (Wildman–Crippen MR) is 86.1 cm³/mol. The molecule has 21 heavy (non-hydrogen) atoms. The standard InChI is InChI=1S/C14H11BrClN5/c15-12-5-4-9(6-13(12)16)8-17-11-3-1-2-10(7-11)14-18-20-21-19-14/h1-7,17H,8H2,(H,18,19,20,21). The zero-order chi connectivity index (χ0) is 14.7. The fourth-order valence-electron chi connectivity index (χ4n) is 1.91. The van der Waals surface area contributed by atoms with E-state index < -0.39 is 0 Å². The average molecular weight is 365 g/mol. The van der Waals surface area contributed by atoms with Gasteiger partial charge in [0.05, 0.1) is 5.02 Å². The third-order valence-electron chi connectivity index (χ3n) is 2.95. The molecule has 0 radical (unpaired) electrons. The van der Waals surface area contributed by atoms with Gasteiger partial charge in [0, 0.05) is 22.3 Å². The van der Waals surface area contributed by atoms with E-state index in [4.69, 9.17) is 11.6 Å². The number of benzene rings is 2. The van der Waals surface area contributed by atoms with Crippen LogP contribution in [0.25, 0.3) is 11.4 Å². The Morgan fingerprint density at radius 3 is 2.86 bits per heavy atom. The summed E-state index contributed by atoms with van der Waals surface area (Å²) in [5.74, 6) is 0.574. The van der Waals surface area contributed by atoms with Crippen LogP contribution < -0.4 is 5.32 Å². The van der Waals surface area contributed by atoms with E-state index in [0.717, 1.165) is 21.3 Å². The normalized spacial score (nSPS) is 10.6. The average Bonchev–Trinajstić information content (AvgIpc) is 3.03. The van der Waals surface area contributed by atoms with Crippen molar-refractivity contribution in [3.05, 3.63) is 57.5 Å². The van der Waals surface area contributed by atoms with Gasteiger partial charge < -0.3 is 5.32 Å². The highest BCUT2D eigenvalue weighted by molar-refractivity contribution is 9.10. The van der Waals surface area contributed by atoms with Gasteiger partial charge in [0.2, 0.25) is 5.82 Å². The molecule has 0 unspecified atom stereocenters. The van der Waals surface area contributed by atoms with Crippen LogP contribution in [0, 0.1) is 0 Å². The SMILES string of the molecule is Clc1cc(CNc2cccc(-c3nn[nH]n3)c2)ccc1Br. The number of tetrazole rings is 1. The van der Waals surface area contributed by atoms with Crippen molar-refractivity contribution in [2.45, 2.75) is 6.54 Å². The molecule has 0 aliphatic rings. The second-order valence-corrected chi connectivity index (χ2v) is 5.68. The van der Waals surface area contributed by atoms with Crippen molar-refractivity contribution >= 4 is 33.2 Å². The third-order valence-corrected chi connectivity index (χ3v) is 4.18. The van der Waals surface area contributed by atoms with Crippen molar-refractivity contribution in [1.82, 2.24) is 20.6 Å². The molecule has 0 atom stereocenters. The van der Waals surface area contributed by atoms with Crippen LogP contribution in [0.15, 0.2) is 46.9 Å². The van der Waals surface area contributed by atoms with E-state index in [-0.39, 0.29) is 0 Å². The second-order valence-electron chi connectivity index (χ2n) is 4.42. The van der Waals surface area contributed by atoms with E-state index in [1.54, 1.807) is 0 Å². The molecule has 3 rings (SSSR count). The summed E-state index contributed by atoms with van der Waals surface area (Å²) in [6, 6.07) is 13.7. The molecule has 0 aliphatic heterocycles. The molecule has 1 aromatic heterocycles. The molecular weight excluding hydrogens is 354 g/mol. The number of nitrogens with one attached hydrogen (secondary N) is 2. The molecule has 0 spiro atoms. The minimum Gasteiger partial charge on any atom is -0.381 e. The van der Waals surface area contributed by atoms with Gasteiger partial charge in [0.25, 0.3) is 0 Å². The number of rotatable bonds is 4. The molecule has 1 heterocycles. The molecule has 0 aliphatic carbocycles. The van der Waals surface area contributed by atoms with E-state index in [1.807, 2.05) is 42.5 Å². The molecule has 0 amide bonds. The van der Waals surface area contributed by atoms with Gasteiger partial charge in [-0.2, -0.15) is 5.21 Å². The molecular formula is C14H11BrClN5. The summed E-state index contributed by atoms with van der Waals surface area (Å²) in [6.07, 6.45) is 0. The van der Waals surface area contributed by atoms with Crippen LogP contribution in [0.1, 0.15) is 5.56 Å². The molecule has 0 saturated heterocycles. The molecule has 0 saturated carbocycles. The molecule has 0 bridgehead atoms. The Morgan fingerprint density at radius 2 is 2.10 bits per heavy atom. The first-order valence-corrected chi connectivity index (χ1v) is 7.41. The molecule has 2 aromatic carbocycles. The fraction of sp³-hybridized carbons (Fsp3) is 0.0714. The first-order valence-electron chi connectivity index (χ1n) is 6.24. The van der Waals surface area contributed by atoms with E-state index in [9.17, 15) is 0 Å². The van der Waals surface area contributed by atoms with Gasteiger partial charge in [-0.25, -0.2) is 0 Å².